The number of hydrogen-bond acceptors (Lipinski definition) is 3. The highest BCUT2D eigenvalue weighted by Crippen LogP contribution is 1.96. The van der Waals surface area contributed by atoms with Gasteiger partial charge in [0.2, 0.25) is 0 Å². The molecule has 0 aliphatic rings. The first-order valence-corrected chi connectivity index (χ1v) is 4.53. The summed E-state index contributed by atoms with van der Waals surface area (Å²) in [7, 11) is 0. The third kappa shape index (κ3) is 1.71. The summed E-state index contributed by atoms with van der Waals surface area (Å²) in [6, 6.07) is 5.33. The lowest BCUT2D eigenvalue weighted by atomic mass is 10.5. The average Bonchev–Trinajstić information content (AvgIpc) is 2.63. The second-order valence-electron chi connectivity index (χ2n) is 2.90. The van der Waals surface area contributed by atoms with Crippen LogP contribution >= 0.6 is 0 Å². The molecule has 5 nitrogen and oxygen atoms in total. The molecule has 0 aliphatic carbocycles. The van der Waals surface area contributed by atoms with Gasteiger partial charge in [-0.2, -0.15) is 9.78 Å². The lowest BCUT2D eigenvalue weighted by Gasteiger charge is -1.95. The number of allylic oxidation sites excluding steroid dienone is 1. The second-order valence-corrected chi connectivity index (χ2v) is 2.90. The zero-order valence-electron chi connectivity index (χ0n) is 8.24. The van der Waals surface area contributed by atoms with E-state index >= 15 is 0 Å². The Morgan fingerprint density at radius 1 is 1.40 bits per heavy atom. The number of pyridine rings is 1. The molecule has 0 unspecified atom stereocenters. The van der Waals surface area contributed by atoms with E-state index in [1.807, 2.05) is 13.0 Å². The molecule has 2 heterocycles. The van der Waals surface area contributed by atoms with Crippen molar-refractivity contribution in [3.05, 3.63) is 47.3 Å². The standard InChI is InChI=1S/C10H10N4O/c1-2-7-13-8-12-14(10(13)15)9-5-3-4-6-11-9/h2-8H,1H3/b7-2-. The van der Waals surface area contributed by atoms with E-state index in [0.29, 0.717) is 5.82 Å². The van der Waals surface area contributed by atoms with Crippen molar-refractivity contribution in [3.63, 3.8) is 0 Å². The summed E-state index contributed by atoms with van der Waals surface area (Å²) in [6.45, 7) is 1.84. The highest BCUT2D eigenvalue weighted by Gasteiger charge is 2.04. The SMILES string of the molecule is C/C=C\n1cnn(-c2ccccn2)c1=O. The van der Waals surface area contributed by atoms with Crippen molar-refractivity contribution in [1.29, 1.82) is 0 Å². The smallest absolute Gasteiger partial charge is 0.256 e. The van der Waals surface area contributed by atoms with Gasteiger partial charge < -0.3 is 0 Å². The summed E-state index contributed by atoms with van der Waals surface area (Å²) in [5, 5.41) is 3.96. The van der Waals surface area contributed by atoms with Crippen LogP contribution in [0.4, 0.5) is 0 Å². The van der Waals surface area contributed by atoms with Crippen molar-refractivity contribution < 1.29 is 0 Å². The third-order valence-corrected chi connectivity index (χ3v) is 1.87. The van der Waals surface area contributed by atoms with Crippen LogP contribution in [0.3, 0.4) is 0 Å². The van der Waals surface area contributed by atoms with Crippen LogP contribution in [0.15, 0.2) is 41.6 Å². The minimum absolute atomic E-state index is 0.230. The fraction of sp³-hybridized carbons (Fsp3) is 0.100. The van der Waals surface area contributed by atoms with Crippen molar-refractivity contribution >= 4 is 6.20 Å². The van der Waals surface area contributed by atoms with Crippen LogP contribution in [-0.2, 0) is 0 Å². The Balaban J connectivity index is 2.52. The van der Waals surface area contributed by atoms with Crippen LogP contribution in [0, 0.1) is 0 Å². The van der Waals surface area contributed by atoms with Gasteiger partial charge in [-0.3, -0.25) is 4.57 Å². The predicted octanol–water partition coefficient (Wildman–Crippen LogP) is 0.920. The van der Waals surface area contributed by atoms with Gasteiger partial charge in [-0.25, -0.2) is 9.78 Å². The summed E-state index contributed by atoms with van der Waals surface area (Å²) in [4.78, 5) is 15.8. The van der Waals surface area contributed by atoms with Crippen LogP contribution in [0.1, 0.15) is 6.92 Å². The Morgan fingerprint density at radius 2 is 2.27 bits per heavy atom. The molecular formula is C10H10N4O. The topological polar surface area (TPSA) is 52.7 Å². The summed E-state index contributed by atoms with van der Waals surface area (Å²) in [5.74, 6) is 0.519. The minimum Gasteiger partial charge on any atom is -0.256 e. The van der Waals surface area contributed by atoms with Crippen LogP contribution in [-0.4, -0.2) is 19.3 Å². The molecule has 0 N–H and O–H groups in total. The molecule has 2 aromatic rings. The van der Waals surface area contributed by atoms with Gasteiger partial charge in [0.05, 0.1) is 0 Å². The molecule has 0 amide bonds. The number of nitrogens with zero attached hydrogens (tertiary/aromatic N) is 4. The largest absolute Gasteiger partial charge is 0.356 e. The first kappa shape index (κ1) is 9.39. The summed E-state index contributed by atoms with van der Waals surface area (Å²) in [6.07, 6.45) is 6.49. The first-order chi connectivity index (χ1) is 7.33. The molecule has 5 heteroatoms. The lowest BCUT2D eigenvalue weighted by Crippen LogP contribution is -2.21. The van der Waals surface area contributed by atoms with Gasteiger partial charge >= 0.3 is 5.69 Å². The molecule has 0 bridgehead atoms. The van der Waals surface area contributed by atoms with Crippen LogP contribution in [0.5, 0.6) is 0 Å². The minimum atomic E-state index is -0.230. The van der Waals surface area contributed by atoms with E-state index in [0.717, 1.165) is 0 Å². The third-order valence-electron chi connectivity index (χ3n) is 1.87. The van der Waals surface area contributed by atoms with Crippen molar-refractivity contribution in [2.75, 3.05) is 0 Å². The maximum Gasteiger partial charge on any atom is 0.356 e. The van der Waals surface area contributed by atoms with Crippen molar-refractivity contribution in [2.45, 2.75) is 6.92 Å². The second kappa shape index (κ2) is 3.91. The zero-order valence-corrected chi connectivity index (χ0v) is 8.24. The van der Waals surface area contributed by atoms with E-state index in [-0.39, 0.29) is 5.69 Å². The van der Waals surface area contributed by atoms with E-state index in [9.17, 15) is 4.79 Å². The maximum absolute atomic E-state index is 11.7. The molecule has 0 spiro atoms. The van der Waals surface area contributed by atoms with Crippen molar-refractivity contribution in [2.24, 2.45) is 0 Å². The van der Waals surface area contributed by atoms with Crippen LogP contribution in [0.25, 0.3) is 12.0 Å². The highest BCUT2D eigenvalue weighted by atomic mass is 16.2. The van der Waals surface area contributed by atoms with E-state index in [2.05, 4.69) is 10.1 Å². The molecule has 2 rings (SSSR count). The van der Waals surface area contributed by atoms with E-state index in [1.165, 1.54) is 15.6 Å². The van der Waals surface area contributed by atoms with Crippen molar-refractivity contribution in [3.8, 4) is 5.82 Å². The van der Waals surface area contributed by atoms with Gasteiger partial charge in [-0.1, -0.05) is 12.1 Å². The van der Waals surface area contributed by atoms with E-state index < -0.39 is 0 Å². The molecule has 2 aromatic heterocycles. The molecule has 0 fully saturated rings. The van der Waals surface area contributed by atoms with Crippen LogP contribution in [0.2, 0.25) is 0 Å². The predicted molar refractivity (Wildman–Crippen MR) is 56.6 cm³/mol. The zero-order chi connectivity index (χ0) is 10.7. The normalized spacial score (nSPS) is 11.0. The van der Waals surface area contributed by atoms with Crippen LogP contribution < -0.4 is 5.69 Å². The Bertz CT molecular complexity index is 524. The Morgan fingerprint density at radius 3 is 2.93 bits per heavy atom. The summed E-state index contributed by atoms with van der Waals surface area (Å²) in [5.41, 5.74) is -0.230. The fourth-order valence-electron chi connectivity index (χ4n) is 1.21. The maximum atomic E-state index is 11.7. The molecule has 0 radical (unpaired) electrons. The Hall–Kier alpha value is -2.17. The first-order valence-electron chi connectivity index (χ1n) is 4.53. The Kier molecular flexibility index (Phi) is 2.45. The lowest BCUT2D eigenvalue weighted by molar-refractivity contribution is 0.806. The van der Waals surface area contributed by atoms with E-state index in [4.69, 9.17) is 0 Å². The number of hydrogen-bond donors (Lipinski definition) is 0. The van der Waals surface area contributed by atoms with Crippen molar-refractivity contribution in [1.82, 2.24) is 19.3 Å². The van der Waals surface area contributed by atoms with E-state index in [1.54, 1.807) is 30.6 Å². The molecule has 76 valence electrons. The van der Waals surface area contributed by atoms with Gasteiger partial charge in [-0.05, 0) is 19.1 Å². The molecule has 0 aliphatic heterocycles. The molecule has 0 aromatic carbocycles. The summed E-state index contributed by atoms with van der Waals surface area (Å²) < 4.78 is 2.65. The highest BCUT2D eigenvalue weighted by molar-refractivity contribution is 5.23. The summed E-state index contributed by atoms with van der Waals surface area (Å²) >= 11 is 0. The Labute approximate surface area is 86.3 Å². The van der Waals surface area contributed by atoms with Gasteiger partial charge in [0.1, 0.15) is 6.33 Å². The average molecular weight is 202 g/mol. The fourth-order valence-corrected chi connectivity index (χ4v) is 1.21. The molecule has 0 saturated heterocycles. The van der Waals surface area contributed by atoms with Gasteiger partial charge in [0.25, 0.3) is 0 Å². The quantitative estimate of drug-likeness (QED) is 0.727. The van der Waals surface area contributed by atoms with Gasteiger partial charge in [0, 0.05) is 12.4 Å². The van der Waals surface area contributed by atoms with Gasteiger partial charge in [-0.15, -0.1) is 0 Å². The monoisotopic (exact) mass is 202 g/mol. The molecule has 0 atom stereocenters. The molecule has 0 saturated carbocycles. The molecular weight excluding hydrogens is 192 g/mol. The molecule has 15 heavy (non-hydrogen) atoms. The number of rotatable bonds is 2. The van der Waals surface area contributed by atoms with Gasteiger partial charge in [0.15, 0.2) is 5.82 Å². The number of aromatic nitrogens is 4.